The summed E-state index contributed by atoms with van der Waals surface area (Å²) in [4.78, 5) is 4.81. The Bertz CT molecular complexity index is 611. The maximum Gasteiger partial charge on any atom is 0.111 e. The number of rotatable bonds is 6. The Hall–Kier alpha value is -1.02. The number of aryl methyl sites for hydroxylation is 2. The number of halogens is 1. The third kappa shape index (κ3) is 2.58. The number of hydrogen-bond acceptors (Lipinski definition) is 1. The Labute approximate surface area is 126 Å². The minimum atomic E-state index is 0.536. The molecule has 1 aliphatic carbocycles. The van der Waals surface area contributed by atoms with Gasteiger partial charge in [-0.2, -0.15) is 0 Å². The van der Waals surface area contributed by atoms with Crippen LogP contribution in [0, 0.1) is 12.3 Å². The quantitative estimate of drug-likeness (QED) is 0.705. The molecule has 108 valence electrons. The van der Waals surface area contributed by atoms with Crippen LogP contribution in [-0.2, 0) is 13.0 Å². The Balaban J connectivity index is 2.00. The van der Waals surface area contributed by atoms with Gasteiger partial charge in [-0.3, -0.25) is 0 Å². The summed E-state index contributed by atoms with van der Waals surface area (Å²) in [7, 11) is 0. The Morgan fingerprint density at radius 2 is 2.15 bits per heavy atom. The van der Waals surface area contributed by atoms with Crippen LogP contribution in [0.25, 0.3) is 11.0 Å². The number of nitrogens with zero attached hydrogens (tertiary/aromatic N) is 2. The van der Waals surface area contributed by atoms with Crippen molar-refractivity contribution in [2.75, 3.05) is 5.88 Å². The van der Waals surface area contributed by atoms with Crippen LogP contribution < -0.4 is 0 Å². The van der Waals surface area contributed by atoms with E-state index in [1.54, 1.807) is 0 Å². The van der Waals surface area contributed by atoms with E-state index >= 15 is 0 Å². The zero-order valence-corrected chi connectivity index (χ0v) is 13.2. The van der Waals surface area contributed by atoms with Crippen LogP contribution in [0.1, 0.15) is 44.0 Å². The predicted molar refractivity (Wildman–Crippen MR) is 85.5 cm³/mol. The molecule has 1 aromatic heterocycles. The van der Waals surface area contributed by atoms with Crippen molar-refractivity contribution in [3.8, 4) is 0 Å². The Morgan fingerprint density at radius 3 is 2.80 bits per heavy atom. The second kappa shape index (κ2) is 5.40. The van der Waals surface area contributed by atoms with E-state index in [4.69, 9.17) is 16.6 Å². The number of alkyl halides is 1. The van der Waals surface area contributed by atoms with Gasteiger partial charge in [-0.05, 0) is 49.3 Å². The monoisotopic (exact) mass is 290 g/mol. The molecular weight excluding hydrogens is 268 g/mol. The van der Waals surface area contributed by atoms with E-state index in [0.29, 0.717) is 11.3 Å². The minimum Gasteiger partial charge on any atom is -0.327 e. The molecule has 1 aliphatic rings. The topological polar surface area (TPSA) is 17.8 Å². The maximum atomic E-state index is 5.96. The van der Waals surface area contributed by atoms with Crippen molar-refractivity contribution in [3.05, 3.63) is 29.6 Å². The number of fused-ring (bicyclic) bond motifs is 1. The highest BCUT2D eigenvalue weighted by atomic mass is 35.5. The molecule has 2 aromatic rings. The first kappa shape index (κ1) is 13.9. The zero-order valence-electron chi connectivity index (χ0n) is 12.5. The van der Waals surface area contributed by atoms with Gasteiger partial charge in [-0.15, -0.1) is 11.6 Å². The van der Waals surface area contributed by atoms with Crippen LogP contribution in [0.4, 0.5) is 0 Å². The van der Waals surface area contributed by atoms with Crippen LogP contribution in [0.3, 0.4) is 0 Å². The lowest BCUT2D eigenvalue weighted by Gasteiger charge is -2.17. The Morgan fingerprint density at radius 1 is 1.35 bits per heavy atom. The van der Waals surface area contributed by atoms with Crippen LogP contribution in [0.5, 0.6) is 0 Å². The molecule has 0 radical (unpaired) electrons. The van der Waals surface area contributed by atoms with Gasteiger partial charge in [0.2, 0.25) is 0 Å². The summed E-state index contributed by atoms with van der Waals surface area (Å²) in [5.41, 5.74) is 4.21. The van der Waals surface area contributed by atoms with Crippen molar-refractivity contribution >= 4 is 22.6 Å². The molecule has 1 fully saturated rings. The fraction of sp³-hybridized carbons (Fsp3) is 0.588. The number of benzene rings is 1. The highest BCUT2D eigenvalue weighted by Gasteiger charge is 2.42. The van der Waals surface area contributed by atoms with E-state index in [1.165, 1.54) is 36.8 Å². The van der Waals surface area contributed by atoms with Crippen molar-refractivity contribution in [1.29, 1.82) is 0 Å². The van der Waals surface area contributed by atoms with Gasteiger partial charge >= 0.3 is 0 Å². The molecule has 3 rings (SSSR count). The van der Waals surface area contributed by atoms with Crippen molar-refractivity contribution in [3.63, 3.8) is 0 Å². The van der Waals surface area contributed by atoms with E-state index in [2.05, 4.69) is 36.6 Å². The third-order valence-electron chi connectivity index (χ3n) is 4.53. The fourth-order valence-corrected chi connectivity index (χ4v) is 3.44. The van der Waals surface area contributed by atoms with Crippen molar-refractivity contribution in [1.82, 2.24) is 9.55 Å². The van der Waals surface area contributed by atoms with E-state index in [0.717, 1.165) is 24.3 Å². The summed E-state index contributed by atoms with van der Waals surface area (Å²) in [5.74, 6) is 1.80. The maximum absolute atomic E-state index is 5.96. The normalized spacial score (nSPS) is 16.8. The molecule has 0 bridgehead atoms. The van der Waals surface area contributed by atoms with Gasteiger partial charge in [0.15, 0.2) is 0 Å². The molecular formula is C17H23ClN2. The lowest BCUT2D eigenvalue weighted by Crippen LogP contribution is -2.14. The van der Waals surface area contributed by atoms with Crippen molar-refractivity contribution in [2.24, 2.45) is 5.41 Å². The first-order chi connectivity index (χ1) is 9.67. The second-order valence-electron chi connectivity index (χ2n) is 6.30. The van der Waals surface area contributed by atoms with Gasteiger partial charge in [-0.1, -0.05) is 19.4 Å². The van der Waals surface area contributed by atoms with Crippen molar-refractivity contribution < 1.29 is 0 Å². The first-order valence-corrected chi connectivity index (χ1v) is 8.23. The molecule has 0 amide bonds. The molecule has 0 atom stereocenters. The average molecular weight is 291 g/mol. The SMILES string of the molecule is CCCC1(Cn2c(CCCl)nc3cc(C)ccc32)CC1. The van der Waals surface area contributed by atoms with Crippen LogP contribution in [0.15, 0.2) is 18.2 Å². The lowest BCUT2D eigenvalue weighted by atomic mass is 10.0. The van der Waals surface area contributed by atoms with Gasteiger partial charge in [0.25, 0.3) is 0 Å². The van der Waals surface area contributed by atoms with Gasteiger partial charge in [0.05, 0.1) is 11.0 Å². The van der Waals surface area contributed by atoms with Gasteiger partial charge in [0.1, 0.15) is 5.82 Å². The highest BCUT2D eigenvalue weighted by molar-refractivity contribution is 6.17. The molecule has 20 heavy (non-hydrogen) atoms. The number of hydrogen-bond donors (Lipinski definition) is 0. The lowest BCUT2D eigenvalue weighted by molar-refractivity contribution is 0.387. The van der Waals surface area contributed by atoms with Crippen LogP contribution >= 0.6 is 11.6 Å². The van der Waals surface area contributed by atoms with Crippen molar-refractivity contribution in [2.45, 2.75) is 52.5 Å². The smallest absolute Gasteiger partial charge is 0.111 e. The third-order valence-corrected chi connectivity index (χ3v) is 4.72. The molecule has 2 nitrogen and oxygen atoms in total. The number of aromatic nitrogens is 2. The predicted octanol–water partition coefficient (Wildman–Crippen LogP) is 4.71. The van der Waals surface area contributed by atoms with Gasteiger partial charge in [-0.25, -0.2) is 4.98 Å². The second-order valence-corrected chi connectivity index (χ2v) is 6.67. The molecule has 0 unspecified atom stereocenters. The van der Waals surface area contributed by atoms with E-state index < -0.39 is 0 Å². The zero-order chi connectivity index (χ0) is 14.2. The summed E-state index contributed by atoms with van der Waals surface area (Å²) in [6, 6.07) is 6.59. The summed E-state index contributed by atoms with van der Waals surface area (Å²) in [6.45, 7) is 5.53. The van der Waals surface area contributed by atoms with E-state index in [1.807, 2.05) is 0 Å². The molecule has 0 spiro atoms. The summed E-state index contributed by atoms with van der Waals surface area (Å²) < 4.78 is 2.43. The molecule has 0 saturated heterocycles. The molecule has 1 aromatic carbocycles. The molecule has 1 saturated carbocycles. The first-order valence-electron chi connectivity index (χ1n) is 7.69. The summed E-state index contributed by atoms with van der Waals surface area (Å²) >= 11 is 5.96. The fourth-order valence-electron chi connectivity index (χ4n) is 3.27. The standard InChI is InChI=1S/C17H23ClN2/c1-3-7-17(8-9-17)12-20-15-5-4-13(2)11-14(15)19-16(20)6-10-18/h4-5,11H,3,6-10,12H2,1-2H3. The summed E-state index contributed by atoms with van der Waals surface area (Å²) in [5, 5.41) is 0. The molecule has 0 aliphatic heterocycles. The van der Waals surface area contributed by atoms with Gasteiger partial charge in [0, 0.05) is 18.8 Å². The minimum absolute atomic E-state index is 0.536. The van der Waals surface area contributed by atoms with Crippen LogP contribution in [0.2, 0.25) is 0 Å². The highest BCUT2D eigenvalue weighted by Crippen LogP contribution is 2.51. The van der Waals surface area contributed by atoms with E-state index in [9.17, 15) is 0 Å². The summed E-state index contributed by atoms with van der Waals surface area (Å²) in [6.07, 6.45) is 6.20. The van der Waals surface area contributed by atoms with E-state index in [-0.39, 0.29) is 0 Å². The Kier molecular flexibility index (Phi) is 3.76. The largest absolute Gasteiger partial charge is 0.327 e. The molecule has 3 heteroatoms. The molecule has 1 heterocycles. The van der Waals surface area contributed by atoms with Crippen LogP contribution in [-0.4, -0.2) is 15.4 Å². The molecule has 0 N–H and O–H groups in total. The van der Waals surface area contributed by atoms with Gasteiger partial charge < -0.3 is 4.57 Å². The average Bonchev–Trinajstić information content (AvgIpc) is 3.09. The number of imidazole rings is 1.